The first-order chi connectivity index (χ1) is 15.8. The summed E-state index contributed by atoms with van der Waals surface area (Å²) in [6, 6.07) is 0.0674. The van der Waals surface area contributed by atoms with Gasteiger partial charge in [0.25, 0.3) is 0 Å². The number of ether oxygens (including phenoxy) is 4. The first-order valence-corrected chi connectivity index (χ1v) is 12.6. The van der Waals surface area contributed by atoms with E-state index in [-0.39, 0.29) is 59.0 Å². The van der Waals surface area contributed by atoms with Crippen molar-refractivity contribution in [1.82, 2.24) is 4.90 Å². The first-order valence-electron chi connectivity index (χ1n) is 12.6. The number of aliphatic hydroxyl groups is 2. The third-order valence-electron chi connectivity index (χ3n) is 11.3. The van der Waals surface area contributed by atoms with Gasteiger partial charge in [0.15, 0.2) is 5.78 Å². The number of rotatable bonds is 6. The van der Waals surface area contributed by atoms with E-state index in [4.69, 9.17) is 18.9 Å². The zero-order valence-corrected chi connectivity index (χ0v) is 20.4. The number of carbonyl (C=O) groups excluding carboxylic acids is 1. The number of likely N-dealkylation sites (tertiary alicyclic amines) is 1. The van der Waals surface area contributed by atoms with Crippen molar-refractivity contribution < 1.29 is 34.0 Å². The fourth-order valence-electron chi connectivity index (χ4n) is 10.6. The van der Waals surface area contributed by atoms with Crippen molar-refractivity contribution >= 4 is 5.78 Å². The van der Waals surface area contributed by atoms with Gasteiger partial charge in [0.05, 0.1) is 30.5 Å². The zero-order valence-electron chi connectivity index (χ0n) is 20.4. The second-order valence-electron chi connectivity index (χ2n) is 11.7. The van der Waals surface area contributed by atoms with Crippen LogP contribution in [0.1, 0.15) is 26.2 Å². The first kappa shape index (κ1) is 22.8. The maximum absolute atomic E-state index is 13.2. The van der Waals surface area contributed by atoms with E-state index in [2.05, 4.69) is 11.8 Å². The molecule has 6 rings (SSSR count). The van der Waals surface area contributed by atoms with Gasteiger partial charge in [-0.05, 0) is 18.9 Å². The smallest absolute Gasteiger partial charge is 0.165 e. The molecule has 1 unspecified atom stereocenters. The molecule has 8 nitrogen and oxygen atoms in total. The lowest BCUT2D eigenvalue weighted by molar-refractivity contribution is -0.324. The highest BCUT2D eigenvalue weighted by Crippen LogP contribution is 2.80. The highest BCUT2D eigenvalue weighted by Gasteiger charge is 2.88. The summed E-state index contributed by atoms with van der Waals surface area (Å²) >= 11 is 0. The number of carbonyl (C=O) groups is 1. The number of hydrogen-bond acceptors (Lipinski definition) is 8. The van der Waals surface area contributed by atoms with E-state index >= 15 is 0 Å². The molecule has 13 atom stereocenters. The number of aliphatic hydroxyl groups excluding tert-OH is 1. The summed E-state index contributed by atoms with van der Waals surface area (Å²) in [4.78, 5) is 15.7. The summed E-state index contributed by atoms with van der Waals surface area (Å²) in [5, 5.41) is 24.2. The molecule has 0 aromatic rings. The van der Waals surface area contributed by atoms with Gasteiger partial charge < -0.3 is 29.2 Å². The molecule has 1 aliphatic heterocycles. The summed E-state index contributed by atoms with van der Waals surface area (Å²) in [5.74, 6) is -0.192. The topological polar surface area (TPSA) is 97.7 Å². The van der Waals surface area contributed by atoms with Crippen LogP contribution >= 0.6 is 0 Å². The number of fused-ring (bicyclic) bond motifs is 1. The Morgan fingerprint density at radius 1 is 1.09 bits per heavy atom. The lowest BCUT2D eigenvalue weighted by Gasteiger charge is -2.75. The summed E-state index contributed by atoms with van der Waals surface area (Å²) in [6.07, 6.45) is 0.0408. The number of Topliss-reactive ketones (excluding diaryl/α,β-unsaturated/α-hetero) is 1. The molecule has 0 amide bonds. The molecule has 1 spiro atoms. The standard InChI is InChI=1S/C25H39NO7/c1-6-26-10-23(11-30-2)15(27)8-16(32-4)25-13-7-12-17(13)24(29,9-14(31-3)19(12)28)18(22(25)26)20(33-5)21(23)25/h12-18,20-22,27,29H,6-11H2,1-5H3/t12-,13+,14+,15+,16-,17-,18-,20-,21+,22?,23-,24+,25-/m0/s1. The third-order valence-corrected chi connectivity index (χ3v) is 11.3. The molecule has 0 aromatic heterocycles. The van der Waals surface area contributed by atoms with Crippen LogP contribution in [0, 0.1) is 40.4 Å². The molecule has 6 aliphatic rings. The van der Waals surface area contributed by atoms with Crippen LogP contribution in [-0.2, 0) is 23.7 Å². The van der Waals surface area contributed by atoms with Crippen molar-refractivity contribution in [2.24, 2.45) is 40.4 Å². The van der Waals surface area contributed by atoms with Crippen LogP contribution in [0.3, 0.4) is 0 Å². The molecule has 186 valence electrons. The highest BCUT2D eigenvalue weighted by molar-refractivity contribution is 5.88. The minimum absolute atomic E-state index is 0.0156. The molecular formula is C25H39NO7. The minimum Gasteiger partial charge on any atom is -0.392 e. The normalized spacial score (nSPS) is 58.7. The van der Waals surface area contributed by atoms with E-state index in [9.17, 15) is 15.0 Å². The Morgan fingerprint density at radius 3 is 2.45 bits per heavy atom. The van der Waals surface area contributed by atoms with Crippen LogP contribution in [0.25, 0.3) is 0 Å². The molecule has 1 saturated heterocycles. The van der Waals surface area contributed by atoms with Gasteiger partial charge >= 0.3 is 0 Å². The van der Waals surface area contributed by atoms with Crippen LogP contribution < -0.4 is 0 Å². The molecule has 1 heterocycles. The van der Waals surface area contributed by atoms with Gasteiger partial charge in [-0.1, -0.05) is 6.92 Å². The maximum atomic E-state index is 13.2. The average Bonchev–Trinajstić information content (AvgIpc) is 2.97. The van der Waals surface area contributed by atoms with E-state index < -0.39 is 23.2 Å². The van der Waals surface area contributed by atoms with E-state index in [0.717, 1.165) is 13.0 Å². The Morgan fingerprint density at radius 2 is 1.85 bits per heavy atom. The van der Waals surface area contributed by atoms with E-state index in [1.807, 2.05) is 0 Å². The highest BCUT2D eigenvalue weighted by atomic mass is 16.5. The lowest BCUT2D eigenvalue weighted by Crippen LogP contribution is -2.82. The zero-order chi connectivity index (χ0) is 23.5. The SMILES string of the molecule is CCN1C[C@]2(COC)[C@H](O)C[C@H](OC)[C@]34C1[C@H]([C@H](OC)[C@H]23)[C@@]1(O)C[C@@H](OC)C(=O)[C@H]2C[C@@H]4[C@H]21. The van der Waals surface area contributed by atoms with Gasteiger partial charge in [0, 0.05) is 88.4 Å². The number of piperidine rings is 1. The average molecular weight is 466 g/mol. The second-order valence-corrected chi connectivity index (χ2v) is 11.7. The molecule has 5 bridgehead atoms. The van der Waals surface area contributed by atoms with Gasteiger partial charge in [-0.15, -0.1) is 0 Å². The Labute approximate surface area is 195 Å². The van der Waals surface area contributed by atoms with Crippen LogP contribution in [0.2, 0.25) is 0 Å². The largest absolute Gasteiger partial charge is 0.392 e. The molecule has 0 aromatic carbocycles. The monoisotopic (exact) mass is 465 g/mol. The second kappa shape index (κ2) is 7.21. The Bertz CT molecular complexity index is 840. The van der Waals surface area contributed by atoms with Crippen molar-refractivity contribution in [1.29, 1.82) is 0 Å². The van der Waals surface area contributed by atoms with Crippen LogP contribution in [0.5, 0.6) is 0 Å². The fraction of sp³-hybridized carbons (Fsp3) is 0.960. The number of hydrogen-bond donors (Lipinski definition) is 2. The van der Waals surface area contributed by atoms with Crippen LogP contribution in [0.4, 0.5) is 0 Å². The molecule has 5 saturated carbocycles. The van der Waals surface area contributed by atoms with E-state index in [0.29, 0.717) is 26.0 Å². The summed E-state index contributed by atoms with van der Waals surface area (Å²) in [5.41, 5.74) is -1.85. The van der Waals surface area contributed by atoms with Gasteiger partial charge in [0.2, 0.25) is 0 Å². The van der Waals surface area contributed by atoms with Crippen molar-refractivity contribution in [2.45, 2.75) is 62.2 Å². The van der Waals surface area contributed by atoms with Crippen molar-refractivity contribution in [3.63, 3.8) is 0 Å². The maximum Gasteiger partial charge on any atom is 0.165 e. The van der Waals surface area contributed by atoms with Crippen LogP contribution in [-0.4, -0.2) is 105 Å². The summed E-state index contributed by atoms with van der Waals surface area (Å²) in [7, 11) is 6.77. The van der Waals surface area contributed by atoms with Gasteiger partial charge in [-0.25, -0.2) is 0 Å². The fourth-order valence-corrected chi connectivity index (χ4v) is 10.6. The Hall–Kier alpha value is -0.610. The van der Waals surface area contributed by atoms with Gasteiger partial charge in [-0.3, -0.25) is 9.69 Å². The quantitative estimate of drug-likeness (QED) is 0.580. The molecule has 33 heavy (non-hydrogen) atoms. The van der Waals surface area contributed by atoms with Crippen molar-refractivity contribution in [3.8, 4) is 0 Å². The summed E-state index contributed by atoms with van der Waals surface area (Å²) < 4.78 is 23.9. The van der Waals surface area contributed by atoms with Gasteiger partial charge in [0.1, 0.15) is 6.10 Å². The molecular weight excluding hydrogens is 426 g/mol. The van der Waals surface area contributed by atoms with E-state index in [1.165, 1.54) is 0 Å². The molecule has 8 heteroatoms. The van der Waals surface area contributed by atoms with Crippen molar-refractivity contribution in [3.05, 3.63) is 0 Å². The van der Waals surface area contributed by atoms with Crippen molar-refractivity contribution in [2.75, 3.05) is 48.1 Å². The molecule has 5 aliphatic carbocycles. The minimum atomic E-state index is -1.05. The number of ketones is 1. The molecule has 2 N–H and O–H groups in total. The predicted octanol–water partition coefficient (Wildman–Crippen LogP) is 0.335. The van der Waals surface area contributed by atoms with Gasteiger partial charge in [-0.2, -0.15) is 0 Å². The third kappa shape index (κ3) is 2.27. The molecule has 6 fully saturated rings. The van der Waals surface area contributed by atoms with Crippen LogP contribution in [0.15, 0.2) is 0 Å². The Balaban J connectivity index is 1.61. The Kier molecular flexibility index (Phi) is 4.99. The van der Waals surface area contributed by atoms with E-state index in [1.54, 1.807) is 28.4 Å². The number of nitrogens with zero attached hydrogens (tertiary/aromatic N) is 1. The molecule has 0 radical (unpaired) electrons. The summed E-state index contributed by atoms with van der Waals surface area (Å²) in [6.45, 7) is 4.12. The predicted molar refractivity (Wildman–Crippen MR) is 117 cm³/mol. The number of methoxy groups -OCH3 is 4. The lowest BCUT2D eigenvalue weighted by atomic mass is 9.34.